The van der Waals surface area contributed by atoms with Crippen LogP contribution in [0.2, 0.25) is 0 Å². The zero-order valence-electron chi connectivity index (χ0n) is 14.4. The molecule has 0 atom stereocenters. The Morgan fingerprint density at radius 1 is 0.905 bits per heavy atom. The van der Waals surface area contributed by atoms with E-state index in [0.29, 0.717) is 0 Å². The van der Waals surface area contributed by atoms with Crippen LogP contribution in [0.25, 0.3) is 0 Å². The number of unbranched alkanes of at least 4 members (excludes halogenated alkanes) is 9. The average molecular weight is 294 g/mol. The Morgan fingerprint density at radius 2 is 1.43 bits per heavy atom. The molecule has 0 radical (unpaired) electrons. The molecule has 0 unspecified atom stereocenters. The molecule has 0 aromatic rings. The van der Waals surface area contributed by atoms with E-state index in [1.165, 1.54) is 69.8 Å². The van der Waals surface area contributed by atoms with Crippen molar-refractivity contribution in [3.05, 3.63) is 11.8 Å². The second-order valence-corrected chi connectivity index (χ2v) is 6.47. The molecule has 3 nitrogen and oxygen atoms in total. The van der Waals surface area contributed by atoms with Crippen molar-refractivity contribution in [2.75, 3.05) is 20.6 Å². The summed E-state index contributed by atoms with van der Waals surface area (Å²) in [6.07, 6.45) is 16.9. The van der Waals surface area contributed by atoms with Crippen LogP contribution in [-0.4, -0.2) is 36.5 Å². The molecule has 21 heavy (non-hydrogen) atoms. The van der Waals surface area contributed by atoms with E-state index < -0.39 is 0 Å². The van der Waals surface area contributed by atoms with Gasteiger partial charge < -0.3 is 9.80 Å². The maximum atomic E-state index is 11.6. The van der Waals surface area contributed by atoms with Crippen LogP contribution in [0.5, 0.6) is 0 Å². The fraction of sp³-hybridized carbons (Fsp3) is 0.833. The van der Waals surface area contributed by atoms with Crippen molar-refractivity contribution in [1.29, 1.82) is 0 Å². The van der Waals surface area contributed by atoms with E-state index in [-0.39, 0.29) is 6.03 Å². The van der Waals surface area contributed by atoms with Crippen molar-refractivity contribution in [2.24, 2.45) is 0 Å². The van der Waals surface area contributed by atoms with Gasteiger partial charge in [0, 0.05) is 26.8 Å². The van der Waals surface area contributed by atoms with Crippen molar-refractivity contribution in [1.82, 2.24) is 9.80 Å². The van der Waals surface area contributed by atoms with E-state index in [9.17, 15) is 4.79 Å². The van der Waals surface area contributed by atoms with Gasteiger partial charge in [-0.05, 0) is 18.4 Å². The fourth-order valence-corrected chi connectivity index (χ4v) is 2.99. The van der Waals surface area contributed by atoms with Crippen LogP contribution in [0.15, 0.2) is 11.8 Å². The SMILES string of the molecule is CCCCCCCCCCCCC1=CN(C)C(=O)N(C)C1. The smallest absolute Gasteiger partial charge is 0.323 e. The predicted molar refractivity (Wildman–Crippen MR) is 90.3 cm³/mol. The lowest BCUT2D eigenvalue weighted by Gasteiger charge is -2.29. The van der Waals surface area contributed by atoms with Crippen molar-refractivity contribution in [3.63, 3.8) is 0 Å². The third kappa shape index (κ3) is 7.54. The maximum Gasteiger partial charge on any atom is 0.323 e. The van der Waals surface area contributed by atoms with Crippen LogP contribution in [0.4, 0.5) is 4.79 Å². The van der Waals surface area contributed by atoms with Gasteiger partial charge >= 0.3 is 6.03 Å². The number of hydrogen-bond donors (Lipinski definition) is 0. The van der Waals surface area contributed by atoms with E-state index in [0.717, 1.165) is 13.0 Å². The number of carbonyl (C=O) groups is 1. The van der Waals surface area contributed by atoms with E-state index in [2.05, 4.69) is 6.92 Å². The summed E-state index contributed by atoms with van der Waals surface area (Å²) in [4.78, 5) is 15.1. The van der Waals surface area contributed by atoms with E-state index >= 15 is 0 Å². The first-order valence-electron chi connectivity index (χ1n) is 8.82. The third-order valence-corrected chi connectivity index (χ3v) is 4.30. The molecule has 3 heteroatoms. The Labute approximate surface area is 131 Å². The molecule has 0 fully saturated rings. The molecule has 1 aliphatic rings. The summed E-state index contributed by atoms with van der Waals surface area (Å²) in [6.45, 7) is 3.08. The Kier molecular flexibility index (Phi) is 9.20. The molecule has 0 N–H and O–H groups in total. The van der Waals surface area contributed by atoms with Crippen LogP contribution in [-0.2, 0) is 0 Å². The summed E-state index contributed by atoms with van der Waals surface area (Å²) >= 11 is 0. The first-order valence-corrected chi connectivity index (χ1v) is 8.82. The molecular formula is C18H34N2O. The summed E-state index contributed by atoms with van der Waals surface area (Å²) < 4.78 is 0. The van der Waals surface area contributed by atoms with Gasteiger partial charge in [0.25, 0.3) is 0 Å². The molecule has 0 aliphatic carbocycles. The van der Waals surface area contributed by atoms with E-state index in [1.54, 1.807) is 9.80 Å². The quantitative estimate of drug-likeness (QED) is 0.482. The molecule has 2 amide bonds. The number of carbonyl (C=O) groups excluding carboxylic acids is 1. The van der Waals surface area contributed by atoms with Crippen molar-refractivity contribution in [2.45, 2.75) is 77.6 Å². The monoisotopic (exact) mass is 294 g/mol. The lowest BCUT2D eigenvalue weighted by Crippen LogP contribution is -2.41. The third-order valence-electron chi connectivity index (χ3n) is 4.30. The fourth-order valence-electron chi connectivity index (χ4n) is 2.99. The summed E-state index contributed by atoms with van der Waals surface area (Å²) in [7, 11) is 3.72. The number of hydrogen-bond acceptors (Lipinski definition) is 1. The largest absolute Gasteiger partial charge is 0.323 e. The average Bonchev–Trinajstić information content (AvgIpc) is 2.46. The normalized spacial score (nSPS) is 15.6. The summed E-state index contributed by atoms with van der Waals surface area (Å²) in [5, 5.41) is 0. The van der Waals surface area contributed by atoms with Gasteiger partial charge in [0.05, 0.1) is 0 Å². The Bertz CT molecular complexity index is 325. The molecule has 0 aromatic carbocycles. The van der Waals surface area contributed by atoms with E-state index in [1.807, 2.05) is 20.3 Å². The zero-order valence-corrected chi connectivity index (χ0v) is 14.4. The van der Waals surface area contributed by atoms with Gasteiger partial charge in [-0.1, -0.05) is 64.7 Å². The minimum atomic E-state index is 0.0989. The first-order chi connectivity index (χ1) is 10.1. The Morgan fingerprint density at radius 3 is 1.95 bits per heavy atom. The molecule has 1 aliphatic heterocycles. The maximum absolute atomic E-state index is 11.6. The second-order valence-electron chi connectivity index (χ2n) is 6.47. The molecule has 1 rings (SSSR count). The molecular weight excluding hydrogens is 260 g/mol. The molecule has 0 saturated heterocycles. The van der Waals surface area contributed by atoms with Gasteiger partial charge in [-0.25, -0.2) is 4.79 Å². The number of nitrogens with zero attached hydrogens (tertiary/aromatic N) is 2. The molecule has 0 saturated carbocycles. The van der Waals surface area contributed by atoms with Crippen LogP contribution in [0, 0.1) is 0 Å². The highest BCUT2D eigenvalue weighted by molar-refractivity contribution is 5.76. The minimum Gasteiger partial charge on any atom is -0.323 e. The molecule has 0 bridgehead atoms. The number of likely N-dealkylation sites (N-methyl/N-ethyl adjacent to an activating group) is 1. The van der Waals surface area contributed by atoms with Gasteiger partial charge in [-0.3, -0.25) is 0 Å². The van der Waals surface area contributed by atoms with Crippen LogP contribution in [0.3, 0.4) is 0 Å². The van der Waals surface area contributed by atoms with Gasteiger partial charge in [0.15, 0.2) is 0 Å². The highest BCUT2D eigenvalue weighted by Crippen LogP contribution is 2.17. The standard InChI is InChI=1S/C18H34N2O/c1-4-5-6-7-8-9-10-11-12-13-14-17-15-19(2)18(21)20(3)16-17/h15H,4-14,16H2,1-3H3. The number of rotatable bonds is 11. The second kappa shape index (κ2) is 10.7. The van der Waals surface area contributed by atoms with Crippen LogP contribution < -0.4 is 0 Å². The van der Waals surface area contributed by atoms with E-state index in [4.69, 9.17) is 0 Å². The van der Waals surface area contributed by atoms with Crippen LogP contribution >= 0.6 is 0 Å². The topological polar surface area (TPSA) is 23.6 Å². The minimum absolute atomic E-state index is 0.0989. The van der Waals surface area contributed by atoms with Gasteiger partial charge in [0.1, 0.15) is 0 Å². The molecule has 122 valence electrons. The lowest BCUT2D eigenvalue weighted by molar-refractivity contribution is 0.184. The Balaban J connectivity index is 1.97. The molecule has 0 aromatic heterocycles. The Hall–Kier alpha value is -0.990. The first kappa shape index (κ1) is 18.1. The number of amides is 2. The van der Waals surface area contributed by atoms with Crippen molar-refractivity contribution < 1.29 is 4.79 Å². The summed E-state index contributed by atoms with van der Waals surface area (Å²) in [5.74, 6) is 0. The van der Waals surface area contributed by atoms with Gasteiger partial charge in [-0.15, -0.1) is 0 Å². The summed E-state index contributed by atoms with van der Waals surface area (Å²) in [5.41, 5.74) is 1.39. The number of urea groups is 1. The highest BCUT2D eigenvalue weighted by Gasteiger charge is 2.19. The van der Waals surface area contributed by atoms with Crippen molar-refractivity contribution in [3.8, 4) is 0 Å². The predicted octanol–water partition coefficient (Wildman–Crippen LogP) is 5.18. The lowest BCUT2D eigenvalue weighted by atomic mass is 10.0. The summed E-state index contributed by atoms with van der Waals surface area (Å²) in [6, 6.07) is 0.0989. The van der Waals surface area contributed by atoms with Gasteiger partial charge in [0.2, 0.25) is 0 Å². The van der Waals surface area contributed by atoms with Crippen molar-refractivity contribution >= 4 is 6.03 Å². The highest BCUT2D eigenvalue weighted by atomic mass is 16.2. The molecule has 1 heterocycles. The van der Waals surface area contributed by atoms with Crippen LogP contribution in [0.1, 0.15) is 77.6 Å². The molecule has 0 spiro atoms. The zero-order chi connectivity index (χ0) is 15.5. The van der Waals surface area contributed by atoms with Gasteiger partial charge in [-0.2, -0.15) is 0 Å².